The lowest BCUT2D eigenvalue weighted by atomic mass is 9.96. The van der Waals surface area contributed by atoms with E-state index >= 15 is 0 Å². The van der Waals surface area contributed by atoms with Gasteiger partial charge in [-0.15, -0.1) is 0 Å². The van der Waals surface area contributed by atoms with Crippen LogP contribution in [0.4, 0.5) is 0 Å². The van der Waals surface area contributed by atoms with Gasteiger partial charge in [-0.3, -0.25) is 9.59 Å². The van der Waals surface area contributed by atoms with Crippen LogP contribution in [0.5, 0.6) is 0 Å². The van der Waals surface area contributed by atoms with Crippen molar-refractivity contribution in [1.29, 1.82) is 0 Å². The van der Waals surface area contributed by atoms with Gasteiger partial charge in [0.05, 0.1) is 18.2 Å². The summed E-state index contributed by atoms with van der Waals surface area (Å²) in [6.45, 7) is 8.92. The zero-order valence-electron chi connectivity index (χ0n) is 13.7. The monoisotopic (exact) mass is 308 g/mol. The number of hydrogen-bond donors (Lipinski definition) is 0. The molecule has 0 spiro atoms. The summed E-state index contributed by atoms with van der Waals surface area (Å²) in [6.07, 6.45) is 1.57. The van der Waals surface area contributed by atoms with Crippen molar-refractivity contribution in [1.82, 2.24) is 10.1 Å². The molecule has 1 aromatic rings. The Hall–Kier alpha value is -1.85. The molecule has 0 unspecified atom stereocenters. The molecular formula is C16H24N2O4. The molecule has 0 aliphatic carbocycles. The van der Waals surface area contributed by atoms with Gasteiger partial charge in [-0.25, -0.2) is 0 Å². The first-order valence-electron chi connectivity index (χ1n) is 7.87. The van der Waals surface area contributed by atoms with Crippen molar-refractivity contribution in [3.05, 3.63) is 17.0 Å². The minimum absolute atomic E-state index is 0.0887. The van der Waals surface area contributed by atoms with Crippen LogP contribution in [0.15, 0.2) is 4.52 Å². The Morgan fingerprint density at radius 3 is 2.82 bits per heavy atom. The van der Waals surface area contributed by atoms with Crippen molar-refractivity contribution in [2.75, 3.05) is 19.7 Å². The molecule has 2 heterocycles. The summed E-state index contributed by atoms with van der Waals surface area (Å²) in [6, 6.07) is 0. The molecule has 1 fully saturated rings. The number of amides is 1. The summed E-state index contributed by atoms with van der Waals surface area (Å²) >= 11 is 0. The van der Waals surface area contributed by atoms with Gasteiger partial charge in [0, 0.05) is 19.0 Å². The van der Waals surface area contributed by atoms with Gasteiger partial charge in [0.2, 0.25) is 0 Å². The molecule has 1 aliphatic heterocycles. The van der Waals surface area contributed by atoms with Gasteiger partial charge in [-0.05, 0) is 26.7 Å². The van der Waals surface area contributed by atoms with Crippen LogP contribution < -0.4 is 0 Å². The van der Waals surface area contributed by atoms with Crippen molar-refractivity contribution in [3.63, 3.8) is 0 Å². The van der Waals surface area contributed by atoms with Gasteiger partial charge in [0.25, 0.3) is 5.91 Å². The number of rotatable bonds is 4. The molecule has 6 heteroatoms. The maximum atomic E-state index is 12.8. The summed E-state index contributed by atoms with van der Waals surface area (Å²) in [7, 11) is 0. The average Bonchev–Trinajstić information content (AvgIpc) is 2.89. The molecule has 22 heavy (non-hydrogen) atoms. The zero-order valence-corrected chi connectivity index (χ0v) is 13.7. The fraction of sp³-hybridized carbons (Fsp3) is 0.688. The van der Waals surface area contributed by atoms with Crippen LogP contribution in [-0.2, 0) is 9.53 Å². The summed E-state index contributed by atoms with van der Waals surface area (Å²) in [5, 5.41) is 3.92. The molecule has 6 nitrogen and oxygen atoms in total. The highest BCUT2D eigenvalue weighted by molar-refractivity contribution is 5.96. The fourth-order valence-corrected chi connectivity index (χ4v) is 2.81. The van der Waals surface area contributed by atoms with Crippen LogP contribution in [0.25, 0.3) is 0 Å². The van der Waals surface area contributed by atoms with Crippen LogP contribution in [-0.4, -0.2) is 41.6 Å². The van der Waals surface area contributed by atoms with E-state index in [4.69, 9.17) is 9.26 Å². The Morgan fingerprint density at radius 1 is 1.45 bits per heavy atom. The van der Waals surface area contributed by atoms with Crippen molar-refractivity contribution in [2.45, 2.75) is 46.5 Å². The lowest BCUT2D eigenvalue weighted by Crippen LogP contribution is -2.43. The van der Waals surface area contributed by atoms with Gasteiger partial charge >= 0.3 is 5.97 Å². The number of piperidine rings is 1. The van der Waals surface area contributed by atoms with E-state index in [0.29, 0.717) is 36.7 Å². The molecule has 0 bridgehead atoms. The van der Waals surface area contributed by atoms with Crippen LogP contribution in [0.1, 0.15) is 61.3 Å². The summed E-state index contributed by atoms with van der Waals surface area (Å²) < 4.78 is 10.4. The van der Waals surface area contributed by atoms with E-state index < -0.39 is 0 Å². The third kappa shape index (κ3) is 3.31. The largest absolute Gasteiger partial charge is 0.466 e. The van der Waals surface area contributed by atoms with E-state index in [1.165, 1.54) is 0 Å². The number of likely N-dealkylation sites (tertiary alicyclic amines) is 1. The second-order valence-corrected chi connectivity index (χ2v) is 6.00. The Labute approximate surface area is 130 Å². The normalized spacial score (nSPS) is 18.6. The molecule has 122 valence electrons. The van der Waals surface area contributed by atoms with Gasteiger partial charge in [0.15, 0.2) is 5.76 Å². The van der Waals surface area contributed by atoms with Gasteiger partial charge in [-0.2, -0.15) is 0 Å². The van der Waals surface area contributed by atoms with E-state index in [1.54, 1.807) is 18.7 Å². The number of carbonyl (C=O) groups is 2. The highest BCUT2D eigenvalue weighted by Crippen LogP contribution is 2.26. The highest BCUT2D eigenvalue weighted by atomic mass is 16.5. The summed E-state index contributed by atoms with van der Waals surface area (Å²) in [4.78, 5) is 26.4. The van der Waals surface area contributed by atoms with E-state index in [2.05, 4.69) is 5.16 Å². The molecule has 0 aromatic carbocycles. The number of carbonyl (C=O) groups excluding carboxylic acids is 2. The predicted octanol–water partition coefficient (Wildman–Crippen LogP) is 2.52. The molecule has 1 aromatic heterocycles. The highest BCUT2D eigenvalue weighted by Gasteiger charge is 2.33. The lowest BCUT2D eigenvalue weighted by Gasteiger charge is -2.31. The first-order valence-corrected chi connectivity index (χ1v) is 7.87. The first kappa shape index (κ1) is 16.5. The Kier molecular flexibility index (Phi) is 5.21. The molecule has 1 amide bonds. The Morgan fingerprint density at radius 2 is 2.18 bits per heavy atom. The minimum atomic E-state index is -0.236. The summed E-state index contributed by atoms with van der Waals surface area (Å²) in [5.41, 5.74) is 1.14. The Balaban J connectivity index is 2.16. The third-order valence-electron chi connectivity index (χ3n) is 3.96. The van der Waals surface area contributed by atoms with Crippen LogP contribution in [0, 0.1) is 12.8 Å². The first-order chi connectivity index (χ1) is 10.5. The lowest BCUT2D eigenvalue weighted by molar-refractivity contribution is -0.149. The topological polar surface area (TPSA) is 72.6 Å². The number of nitrogens with zero attached hydrogens (tertiary/aromatic N) is 2. The van der Waals surface area contributed by atoms with Crippen LogP contribution in [0.3, 0.4) is 0 Å². The standard InChI is InChI=1S/C16H24N2O4/c1-5-21-16(20)12-7-6-8-18(9-12)15(19)13-11(4)17-22-14(13)10(2)3/h10,12H,5-9H2,1-4H3/t12-/m1/s1. The van der Waals surface area contributed by atoms with E-state index in [9.17, 15) is 9.59 Å². The van der Waals surface area contributed by atoms with Crippen molar-refractivity contribution in [2.24, 2.45) is 5.92 Å². The van der Waals surface area contributed by atoms with Crippen molar-refractivity contribution >= 4 is 11.9 Å². The third-order valence-corrected chi connectivity index (χ3v) is 3.96. The van der Waals surface area contributed by atoms with Gasteiger partial charge in [-0.1, -0.05) is 19.0 Å². The molecule has 1 saturated heterocycles. The van der Waals surface area contributed by atoms with Crippen LogP contribution in [0.2, 0.25) is 0 Å². The molecule has 2 rings (SSSR count). The molecular weight excluding hydrogens is 284 g/mol. The van der Waals surface area contributed by atoms with Gasteiger partial charge in [0.1, 0.15) is 5.56 Å². The average molecular weight is 308 g/mol. The van der Waals surface area contributed by atoms with E-state index in [0.717, 1.165) is 12.8 Å². The maximum absolute atomic E-state index is 12.8. The number of esters is 1. The quantitative estimate of drug-likeness (QED) is 0.799. The van der Waals surface area contributed by atoms with Crippen molar-refractivity contribution in [3.8, 4) is 0 Å². The zero-order chi connectivity index (χ0) is 16.3. The minimum Gasteiger partial charge on any atom is -0.466 e. The van der Waals surface area contributed by atoms with Crippen molar-refractivity contribution < 1.29 is 18.8 Å². The maximum Gasteiger partial charge on any atom is 0.310 e. The molecule has 0 saturated carbocycles. The predicted molar refractivity (Wildman–Crippen MR) is 80.6 cm³/mol. The van der Waals surface area contributed by atoms with Crippen LogP contribution >= 0.6 is 0 Å². The molecule has 1 atom stereocenters. The number of ether oxygens (including phenoxy) is 1. The van der Waals surface area contributed by atoms with E-state index in [1.807, 2.05) is 13.8 Å². The molecule has 1 aliphatic rings. The second-order valence-electron chi connectivity index (χ2n) is 6.00. The number of aryl methyl sites for hydroxylation is 1. The Bertz CT molecular complexity index is 550. The van der Waals surface area contributed by atoms with Gasteiger partial charge < -0.3 is 14.2 Å². The molecule has 0 N–H and O–H groups in total. The number of aromatic nitrogens is 1. The molecule has 0 radical (unpaired) electrons. The van der Waals surface area contributed by atoms with E-state index in [-0.39, 0.29) is 23.7 Å². The smallest absolute Gasteiger partial charge is 0.310 e. The second kappa shape index (κ2) is 6.94. The fourth-order valence-electron chi connectivity index (χ4n) is 2.81. The summed E-state index contributed by atoms with van der Waals surface area (Å²) in [5.74, 6) is 0.148. The SMILES string of the molecule is CCOC(=O)[C@@H]1CCCN(C(=O)c2c(C)noc2C(C)C)C1. The number of hydrogen-bond acceptors (Lipinski definition) is 5.